The van der Waals surface area contributed by atoms with Crippen LogP contribution >= 0.6 is 0 Å². The summed E-state index contributed by atoms with van der Waals surface area (Å²) in [4.78, 5) is 11.2. The van der Waals surface area contributed by atoms with E-state index in [9.17, 15) is 0 Å². The molecule has 0 bridgehead atoms. The molecule has 0 aliphatic heterocycles. The first-order chi connectivity index (χ1) is 10.5. The maximum Gasteiger partial charge on any atom is 0.314 e. The number of nitrogens with zero attached hydrogens (tertiary/aromatic N) is 5. The first-order valence-electron chi connectivity index (χ1n) is 7.23. The van der Waals surface area contributed by atoms with Crippen molar-refractivity contribution in [2.75, 3.05) is 12.0 Å². The number of aromatic nitrogens is 2. The van der Waals surface area contributed by atoms with Gasteiger partial charge in [-0.05, 0) is 24.4 Å². The molecule has 0 aliphatic rings. The summed E-state index contributed by atoms with van der Waals surface area (Å²) in [6.07, 6.45) is 2.04. The lowest BCUT2D eigenvalue weighted by Crippen LogP contribution is -2.09. The number of nitrogens with one attached hydrogen (secondary N) is 2. The minimum absolute atomic E-state index is 0.161. The summed E-state index contributed by atoms with van der Waals surface area (Å²) in [6.45, 7) is 22.9. The largest absolute Gasteiger partial charge is 0.358 e. The van der Waals surface area contributed by atoms with Gasteiger partial charge in [-0.25, -0.2) is 4.85 Å². The van der Waals surface area contributed by atoms with Gasteiger partial charge in [0.2, 0.25) is 0 Å². The molecule has 1 rings (SSSR count). The van der Waals surface area contributed by atoms with Crippen molar-refractivity contribution in [3.63, 3.8) is 0 Å². The summed E-state index contributed by atoms with van der Waals surface area (Å²) in [7, 11) is 0. The third kappa shape index (κ3) is 4.42. The van der Waals surface area contributed by atoms with Crippen LogP contribution in [0.1, 0.15) is 52.1 Å². The fourth-order valence-corrected chi connectivity index (χ4v) is 1.71. The molecule has 7 heteroatoms. The van der Waals surface area contributed by atoms with Crippen LogP contribution in [-0.2, 0) is 0 Å². The quantitative estimate of drug-likeness (QED) is 0.263. The number of anilines is 1. The molecule has 1 aromatic rings. The van der Waals surface area contributed by atoms with Crippen molar-refractivity contribution < 1.29 is 0 Å². The third-order valence-corrected chi connectivity index (χ3v) is 3.01. The predicted octanol–water partition coefficient (Wildman–Crippen LogP) is 3.99. The molecule has 0 unspecified atom stereocenters. The van der Waals surface area contributed by atoms with Crippen molar-refractivity contribution in [3.8, 4) is 0 Å². The normalized spacial score (nSPS) is 12.1. The molecule has 0 saturated heterocycles. The molecule has 116 valence electrons. The third-order valence-electron chi connectivity index (χ3n) is 3.01. The molecule has 0 spiro atoms. The van der Waals surface area contributed by atoms with Gasteiger partial charge in [0.05, 0.1) is 12.3 Å². The highest BCUT2D eigenvalue weighted by Crippen LogP contribution is 2.31. The van der Waals surface area contributed by atoms with Crippen molar-refractivity contribution >= 4 is 23.1 Å². The van der Waals surface area contributed by atoms with Crippen LogP contribution in [0, 0.1) is 13.1 Å². The molecule has 0 saturated carbocycles. The molecule has 0 amide bonds. The van der Waals surface area contributed by atoms with Gasteiger partial charge in [-0.15, -0.1) is 0 Å². The van der Waals surface area contributed by atoms with Gasteiger partial charge < -0.3 is 4.85 Å². The summed E-state index contributed by atoms with van der Waals surface area (Å²) < 4.78 is 0. The summed E-state index contributed by atoms with van der Waals surface area (Å²) in [6, 6.07) is 0. The molecule has 0 aliphatic carbocycles. The van der Waals surface area contributed by atoms with E-state index in [-0.39, 0.29) is 11.8 Å². The standard InChI is InChI=1S/C15H21N7/c1-7-8-9-18-11(4)14(17-6)20-22-15-13(16-5)12(10(2)3)19-21-15/h10H,7-9H2,1-4H3,(H2,19,21,22). The Kier molecular flexibility index (Phi) is 6.78. The molecule has 0 aromatic carbocycles. The maximum atomic E-state index is 7.25. The molecular weight excluding hydrogens is 278 g/mol. The van der Waals surface area contributed by atoms with Gasteiger partial charge >= 0.3 is 5.84 Å². The van der Waals surface area contributed by atoms with Crippen LogP contribution in [0.4, 0.5) is 11.5 Å². The van der Waals surface area contributed by atoms with E-state index in [0.717, 1.165) is 18.5 Å². The number of hydrogen-bond acceptors (Lipinski definition) is 4. The first kappa shape index (κ1) is 17.4. The topological polar surface area (TPSA) is 74.2 Å². The second-order valence-electron chi connectivity index (χ2n) is 5.08. The van der Waals surface area contributed by atoms with Crippen LogP contribution in [0.2, 0.25) is 0 Å². The van der Waals surface area contributed by atoms with E-state index in [0.29, 0.717) is 23.8 Å². The van der Waals surface area contributed by atoms with Gasteiger partial charge in [0, 0.05) is 12.2 Å². The van der Waals surface area contributed by atoms with E-state index in [1.165, 1.54) is 0 Å². The Hall–Kier alpha value is -2.67. The van der Waals surface area contributed by atoms with Crippen molar-refractivity contribution in [3.05, 3.63) is 28.5 Å². The van der Waals surface area contributed by atoms with Crippen molar-refractivity contribution in [1.29, 1.82) is 0 Å². The van der Waals surface area contributed by atoms with Crippen LogP contribution in [-0.4, -0.2) is 28.3 Å². The Morgan fingerprint density at radius 1 is 1.41 bits per heavy atom. The van der Waals surface area contributed by atoms with Gasteiger partial charge in [0.15, 0.2) is 5.82 Å². The van der Waals surface area contributed by atoms with Gasteiger partial charge in [0.1, 0.15) is 0 Å². The lowest BCUT2D eigenvalue weighted by molar-refractivity contribution is 0.808. The average molecular weight is 299 g/mol. The summed E-state index contributed by atoms with van der Waals surface area (Å²) in [5, 5.41) is 10.9. The zero-order valence-electron chi connectivity index (χ0n) is 13.4. The predicted molar refractivity (Wildman–Crippen MR) is 89.5 cm³/mol. The van der Waals surface area contributed by atoms with E-state index in [4.69, 9.17) is 13.1 Å². The first-order valence-corrected chi connectivity index (χ1v) is 7.23. The molecule has 1 heterocycles. The highest BCUT2D eigenvalue weighted by molar-refractivity contribution is 6.44. The minimum Gasteiger partial charge on any atom is -0.358 e. The van der Waals surface area contributed by atoms with Crippen molar-refractivity contribution in [2.45, 2.75) is 46.5 Å². The average Bonchev–Trinajstić information content (AvgIpc) is 2.91. The second kappa shape index (κ2) is 8.58. The number of aromatic amines is 1. The van der Waals surface area contributed by atoms with Crippen LogP contribution in [0.15, 0.2) is 10.1 Å². The minimum atomic E-state index is 0.161. The van der Waals surface area contributed by atoms with Crippen LogP contribution in [0.3, 0.4) is 0 Å². The Morgan fingerprint density at radius 2 is 2.14 bits per heavy atom. The Balaban J connectivity index is 2.93. The van der Waals surface area contributed by atoms with Crippen LogP contribution in [0.5, 0.6) is 0 Å². The van der Waals surface area contributed by atoms with E-state index in [2.05, 4.69) is 42.3 Å². The van der Waals surface area contributed by atoms with Gasteiger partial charge in [-0.1, -0.05) is 33.8 Å². The number of rotatable bonds is 7. The van der Waals surface area contributed by atoms with Gasteiger partial charge in [-0.3, -0.25) is 10.1 Å². The maximum absolute atomic E-state index is 7.25. The van der Waals surface area contributed by atoms with Crippen LogP contribution < -0.4 is 5.43 Å². The van der Waals surface area contributed by atoms with Gasteiger partial charge in [0.25, 0.3) is 5.69 Å². The zero-order valence-corrected chi connectivity index (χ0v) is 13.4. The highest BCUT2D eigenvalue weighted by atomic mass is 15.4. The number of hydrazone groups is 1. The fraction of sp³-hybridized carbons (Fsp3) is 0.533. The fourth-order valence-electron chi connectivity index (χ4n) is 1.71. The lowest BCUT2D eigenvalue weighted by atomic mass is 10.1. The smallest absolute Gasteiger partial charge is 0.314 e. The molecule has 22 heavy (non-hydrogen) atoms. The van der Waals surface area contributed by atoms with E-state index >= 15 is 0 Å². The van der Waals surface area contributed by atoms with Crippen molar-refractivity contribution in [2.24, 2.45) is 10.1 Å². The van der Waals surface area contributed by atoms with Gasteiger partial charge in [-0.2, -0.15) is 10.5 Å². The number of amidine groups is 1. The molecule has 7 nitrogen and oxygen atoms in total. The summed E-state index contributed by atoms with van der Waals surface area (Å²) in [5.74, 6) is 0.677. The zero-order chi connectivity index (χ0) is 16.5. The molecule has 0 radical (unpaired) electrons. The monoisotopic (exact) mass is 299 g/mol. The highest BCUT2D eigenvalue weighted by Gasteiger charge is 2.17. The molecule has 1 aromatic heterocycles. The van der Waals surface area contributed by atoms with E-state index in [1.807, 2.05) is 13.8 Å². The summed E-state index contributed by atoms with van der Waals surface area (Å²) in [5.41, 5.74) is 4.44. The number of aliphatic imine (C=N–C) groups is 1. The number of unbranched alkanes of at least 4 members (excludes halogenated alkanes) is 1. The van der Waals surface area contributed by atoms with Crippen molar-refractivity contribution in [1.82, 2.24) is 10.2 Å². The molecule has 2 N–H and O–H groups in total. The number of H-pyrrole nitrogens is 1. The molecule has 0 fully saturated rings. The Bertz CT molecular complexity index is 638. The van der Waals surface area contributed by atoms with E-state index in [1.54, 1.807) is 6.92 Å². The molecular formula is C15H21N7. The Morgan fingerprint density at radius 3 is 2.68 bits per heavy atom. The molecule has 0 atom stereocenters. The number of hydrogen-bond donors (Lipinski definition) is 2. The second-order valence-corrected chi connectivity index (χ2v) is 5.08. The van der Waals surface area contributed by atoms with Crippen LogP contribution in [0.25, 0.3) is 9.69 Å². The lowest BCUT2D eigenvalue weighted by Gasteiger charge is -2.00. The SMILES string of the molecule is [C-]#[N+]C(=NNc1n[nH]c(C(C)C)c1[N+]#[C-])C(C)=NCCCC. The summed E-state index contributed by atoms with van der Waals surface area (Å²) >= 11 is 0. The Labute approximate surface area is 131 Å². The van der Waals surface area contributed by atoms with E-state index < -0.39 is 0 Å².